The van der Waals surface area contributed by atoms with Crippen LogP contribution in [0.15, 0.2) is 24.4 Å². The number of nitrogens with zero attached hydrogens (tertiary/aromatic N) is 1. The fourth-order valence-electron chi connectivity index (χ4n) is 1.67. The van der Waals surface area contributed by atoms with Crippen molar-refractivity contribution in [3.8, 4) is 11.3 Å². The summed E-state index contributed by atoms with van der Waals surface area (Å²) < 4.78 is 25.9. The standard InChI is InChI=1S/C12H11F2N3O2/c1-15-10(12(18)19)11-16-5-9(17-11)6-2-3-7(13)8(14)4-6/h2-5,10,15H,1H3,(H,16,17)(H,18,19). The number of benzene rings is 1. The average molecular weight is 267 g/mol. The summed E-state index contributed by atoms with van der Waals surface area (Å²) in [7, 11) is 1.48. The highest BCUT2D eigenvalue weighted by atomic mass is 19.2. The summed E-state index contributed by atoms with van der Waals surface area (Å²) in [5.74, 6) is -2.82. The molecule has 0 spiro atoms. The van der Waals surface area contributed by atoms with E-state index in [4.69, 9.17) is 5.11 Å². The second-order valence-electron chi connectivity index (χ2n) is 3.87. The number of aliphatic carboxylic acids is 1. The summed E-state index contributed by atoms with van der Waals surface area (Å²) in [6.45, 7) is 0. The third-order valence-electron chi connectivity index (χ3n) is 2.64. The van der Waals surface area contributed by atoms with Crippen molar-refractivity contribution < 1.29 is 18.7 Å². The zero-order chi connectivity index (χ0) is 14.0. The number of hydrogen-bond donors (Lipinski definition) is 3. The van der Waals surface area contributed by atoms with Gasteiger partial charge in [0, 0.05) is 5.56 Å². The van der Waals surface area contributed by atoms with E-state index in [0.29, 0.717) is 11.3 Å². The van der Waals surface area contributed by atoms with Crippen LogP contribution in [0.1, 0.15) is 11.9 Å². The molecule has 0 radical (unpaired) electrons. The molecule has 5 nitrogen and oxygen atoms in total. The second-order valence-corrected chi connectivity index (χ2v) is 3.87. The zero-order valence-corrected chi connectivity index (χ0v) is 9.95. The first kappa shape index (κ1) is 13.2. The van der Waals surface area contributed by atoms with Gasteiger partial charge in [-0.15, -0.1) is 0 Å². The quantitative estimate of drug-likeness (QED) is 0.788. The summed E-state index contributed by atoms with van der Waals surface area (Å²) >= 11 is 0. The van der Waals surface area contributed by atoms with Gasteiger partial charge in [-0.2, -0.15) is 0 Å². The lowest BCUT2D eigenvalue weighted by Crippen LogP contribution is -2.26. The molecule has 0 saturated carbocycles. The van der Waals surface area contributed by atoms with Gasteiger partial charge in [-0.25, -0.2) is 13.8 Å². The number of aromatic amines is 1. The van der Waals surface area contributed by atoms with Crippen molar-refractivity contribution in [1.82, 2.24) is 15.3 Å². The van der Waals surface area contributed by atoms with E-state index in [9.17, 15) is 13.6 Å². The number of carboxylic acids is 1. The van der Waals surface area contributed by atoms with E-state index < -0.39 is 23.6 Å². The van der Waals surface area contributed by atoms with Gasteiger partial charge in [-0.1, -0.05) is 0 Å². The average Bonchev–Trinajstić information content (AvgIpc) is 2.82. The lowest BCUT2D eigenvalue weighted by molar-refractivity contribution is -0.139. The maximum Gasteiger partial charge on any atom is 0.328 e. The van der Waals surface area contributed by atoms with E-state index >= 15 is 0 Å². The molecule has 1 heterocycles. The Bertz CT molecular complexity index is 613. The number of carboxylic acid groups (broad SMARTS) is 1. The smallest absolute Gasteiger partial charge is 0.328 e. The minimum absolute atomic E-state index is 0.190. The molecular formula is C12H11F2N3O2. The Morgan fingerprint density at radius 2 is 2.16 bits per heavy atom. The molecule has 1 unspecified atom stereocenters. The monoisotopic (exact) mass is 267 g/mol. The number of H-pyrrole nitrogens is 1. The molecule has 0 amide bonds. The highest BCUT2D eigenvalue weighted by Gasteiger charge is 2.21. The predicted molar refractivity (Wildman–Crippen MR) is 63.4 cm³/mol. The molecule has 100 valence electrons. The van der Waals surface area contributed by atoms with Gasteiger partial charge in [0.25, 0.3) is 0 Å². The van der Waals surface area contributed by atoms with Crippen molar-refractivity contribution >= 4 is 5.97 Å². The van der Waals surface area contributed by atoms with Crippen LogP contribution in [0.3, 0.4) is 0 Å². The predicted octanol–water partition coefficient (Wildman–Crippen LogP) is 1.70. The first-order valence-corrected chi connectivity index (χ1v) is 5.43. The summed E-state index contributed by atoms with van der Waals surface area (Å²) in [6.07, 6.45) is 1.37. The van der Waals surface area contributed by atoms with Crippen molar-refractivity contribution in [2.75, 3.05) is 7.05 Å². The number of rotatable bonds is 4. The molecule has 0 saturated heterocycles. The van der Waals surface area contributed by atoms with Crippen molar-refractivity contribution in [3.63, 3.8) is 0 Å². The van der Waals surface area contributed by atoms with Gasteiger partial charge in [0.05, 0.1) is 11.9 Å². The van der Waals surface area contributed by atoms with Crippen LogP contribution < -0.4 is 5.32 Å². The van der Waals surface area contributed by atoms with Crippen molar-refractivity contribution in [3.05, 3.63) is 41.9 Å². The van der Waals surface area contributed by atoms with Crippen molar-refractivity contribution in [2.24, 2.45) is 0 Å². The van der Waals surface area contributed by atoms with Gasteiger partial charge in [-0.05, 0) is 25.2 Å². The van der Waals surface area contributed by atoms with Gasteiger partial charge in [-0.3, -0.25) is 4.79 Å². The third-order valence-corrected chi connectivity index (χ3v) is 2.64. The molecule has 2 rings (SSSR count). The van der Waals surface area contributed by atoms with Crippen molar-refractivity contribution in [1.29, 1.82) is 0 Å². The van der Waals surface area contributed by atoms with Crippen LogP contribution in [0, 0.1) is 11.6 Å². The number of likely N-dealkylation sites (N-methyl/N-ethyl adjacent to an activating group) is 1. The number of imidazole rings is 1. The highest BCUT2D eigenvalue weighted by molar-refractivity contribution is 5.74. The number of nitrogens with one attached hydrogen (secondary N) is 2. The fraction of sp³-hybridized carbons (Fsp3) is 0.167. The molecule has 19 heavy (non-hydrogen) atoms. The van der Waals surface area contributed by atoms with Gasteiger partial charge in [0.1, 0.15) is 5.82 Å². The normalized spacial score (nSPS) is 12.4. The van der Waals surface area contributed by atoms with Crippen LogP contribution in [0.2, 0.25) is 0 Å². The molecule has 0 aliphatic rings. The van der Waals surface area contributed by atoms with E-state index in [1.54, 1.807) is 0 Å². The Morgan fingerprint density at radius 1 is 1.42 bits per heavy atom. The van der Waals surface area contributed by atoms with Crippen LogP contribution in [-0.2, 0) is 4.79 Å². The molecule has 3 N–H and O–H groups in total. The van der Waals surface area contributed by atoms with Crippen molar-refractivity contribution in [2.45, 2.75) is 6.04 Å². The molecule has 0 bridgehead atoms. The zero-order valence-electron chi connectivity index (χ0n) is 9.95. The number of hydrogen-bond acceptors (Lipinski definition) is 3. The Balaban J connectivity index is 2.35. The van der Waals surface area contributed by atoms with Gasteiger partial charge in [0.2, 0.25) is 0 Å². The van der Waals surface area contributed by atoms with E-state index in [0.717, 1.165) is 12.1 Å². The number of halogens is 2. The molecule has 1 aromatic carbocycles. The third kappa shape index (κ3) is 2.60. The topological polar surface area (TPSA) is 78.0 Å². The maximum absolute atomic E-state index is 13.1. The molecule has 2 aromatic rings. The lowest BCUT2D eigenvalue weighted by atomic mass is 10.1. The molecule has 0 aliphatic heterocycles. The highest BCUT2D eigenvalue weighted by Crippen LogP contribution is 2.21. The molecule has 7 heteroatoms. The lowest BCUT2D eigenvalue weighted by Gasteiger charge is -2.07. The van der Waals surface area contributed by atoms with E-state index in [2.05, 4.69) is 15.3 Å². The number of aromatic nitrogens is 2. The Hall–Kier alpha value is -2.28. The Kier molecular flexibility index (Phi) is 3.57. The van der Waals surface area contributed by atoms with Crippen LogP contribution in [0.4, 0.5) is 8.78 Å². The van der Waals surface area contributed by atoms with Gasteiger partial charge >= 0.3 is 5.97 Å². The minimum atomic E-state index is -1.09. The minimum Gasteiger partial charge on any atom is -0.480 e. The van der Waals surface area contributed by atoms with E-state index in [-0.39, 0.29) is 5.82 Å². The first-order chi connectivity index (χ1) is 9.02. The largest absolute Gasteiger partial charge is 0.480 e. The Labute approximate surface area is 107 Å². The van der Waals surface area contributed by atoms with Gasteiger partial charge < -0.3 is 15.4 Å². The molecule has 1 aromatic heterocycles. The number of carbonyl (C=O) groups is 1. The van der Waals surface area contributed by atoms with Crippen LogP contribution in [-0.4, -0.2) is 28.1 Å². The van der Waals surface area contributed by atoms with E-state index in [1.807, 2.05) is 0 Å². The van der Waals surface area contributed by atoms with Gasteiger partial charge in [0.15, 0.2) is 17.7 Å². The van der Waals surface area contributed by atoms with E-state index in [1.165, 1.54) is 19.3 Å². The summed E-state index contributed by atoms with van der Waals surface area (Å²) in [6, 6.07) is 2.41. The molecule has 0 fully saturated rings. The first-order valence-electron chi connectivity index (χ1n) is 5.43. The Morgan fingerprint density at radius 3 is 2.74 bits per heavy atom. The second kappa shape index (κ2) is 5.15. The van der Waals surface area contributed by atoms with Crippen LogP contribution in [0.5, 0.6) is 0 Å². The maximum atomic E-state index is 13.1. The summed E-state index contributed by atoms with van der Waals surface area (Å²) in [4.78, 5) is 17.6. The van der Waals surface area contributed by atoms with Crippen LogP contribution >= 0.6 is 0 Å². The summed E-state index contributed by atoms with van der Waals surface area (Å²) in [5, 5.41) is 11.5. The SMILES string of the molecule is CNC(C(=O)O)c1ncc(-c2ccc(F)c(F)c2)[nH]1. The molecular weight excluding hydrogens is 256 g/mol. The van der Waals surface area contributed by atoms with Crippen LogP contribution in [0.25, 0.3) is 11.3 Å². The summed E-state index contributed by atoms with van der Waals surface area (Å²) in [5.41, 5.74) is 0.799. The fourth-order valence-corrected chi connectivity index (χ4v) is 1.67. The molecule has 1 atom stereocenters. The molecule has 0 aliphatic carbocycles.